The second kappa shape index (κ2) is 2.51. The van der Waals surface area contributed by atoms with Crippen LogP contribution in [0, 0.1) is 0 Å². The Morgan fingerprint density at radius 3 is 3.30 bits per heavy atom. The maximum atomic E-state index is 3.51. The lowest BCUT2D eigenvalue weighted by Crippen LogP contribution is -2.52. The van der Waals surface area contributed by atoms with Crippen LogP contribution in [-0.2, 0) is 0 Å². The van der Waals surface area contributed by atoms with E-state index in [2.05, 4.69) is 17.1 Å². The fourth-order valence-corrected chi connectivity index (χ4v) is 2.12. The summed E-state index contributed by atoms with van der Waals surface area (Å²) < 4.78 is 0. The molecule has 2 rings (SSSR count). The molecule has 2 saturated heterocycles. The van der Waals surface area contributed by atoms with Gasteiger partial charge in [-0.05, 0) is 26.3 Å². The highest BCUT2D eigenvalue weighted by molar-refractivity contribution is 4.88. The number of hydrogen-bond donors (Lipinski definition) is 1. The lowest BCUT2D eigenvalue weighted by Gasteiger charge is -2.34. The van der Waals surface area contributed by atoms with Crippen molar-refractivity contribution in [1.82, 2.24) is 10.2 Å². The highest BCUT2D eigenvalue weighted by Gasteiger charge is 2.28. The summed E-state index contributed by atoms with van der Waals surface area (Å²) >= 11 is 0. The molecule has 2 heteroatoms. The Kier molecular flexibility index (Phi) is 1.66. The average molecular weight is 140 g/mol. The molecular formula is C8H16N2. The minimum atomic E-state index is 0.717. The molecule has 0 radical (unpaired) electrons. The Morgan fingerprint density at radius 2 is 2.40 bits per heavy atom. The molecule has 2 fully saturated rings. The molecule has 0 saturated carbocycles. The molecule has 2 atom stereocenters. The van der Waals surface area contributed by atoms with Crippen LogP contribution in [0.2, 0.25) is 0 Å². The summed E-state index contributed by atoms with van der Waals surface area (Å²) in [5.74, 6) is 0. The van der Waals surface area contributed by atoms with Gasteiger partial charge in [-0.25, -0.2) is 0 Å². The van der Waals surface area contributed by atoms with Gasteiger partial charge in [0.1, 0.15) is 0 Å². The molecular weight excluding hydrogens is 124 g/mol. The van der Waals surface area contributed by atoms with Crippen molar-refractivity contribution >= 4 is 0 Å². The first-order valence-corrected chi connectivity index (χ1v) is 4.33. The summed E-state index contributed by atoms with van der Waals surface area (Å²) in [6.45, 7) is 6.11. The van der Waals surface area contributed by atoms with Crippen LogP contribution in [0.3, 0.4) is 0 Å². The summed E-state index contributed by atoms with van der Waals surface area (Å²) in [6, 6.07) is 1.59. The molecule has 0 bridgehead atoms. The third-order valence-corrected chi connectivity index (χ3v) is 2.71. The number of piperazine rings is 1. The van der Waals surface area contributed by atoms with E-state index in [4.69, 9.17) is 0 Å². The molecule has 0 aromatic heterocycles. The van der Waals surface area contributed by atoms with Crippen molar-refractivity contribution in [3.63, 3.8) is 0 Å². The minimum Gasteiger partial charge on any atom is -0.311 e. The molecule has 10 heavy (non-hydrogen) atoms. The third kappa shape index (κ3) is 1.06. The van der Waals surface area contributed by atoms with Gasteiger partial charge in [0.2, 0.25) is 0 Å². The maximum absolute atomic E-state index is 3.51. The zero-order chi connectivity index (χ0) is 6.97. The summed E-state index contributed by atoms with van der Waals surface area (Å²) in [7, 11) is 0. The van der Waals surface area contributed by atoms with Gasteiger partial charge in [0.25, 0.3) is 0 Å². The monoisotopic (exact) mass is 140 g/mol. The molecule has 2 aliphatic heterocycles. The van der Waals surface area contributed by atoms with Crippen molar-refractivity contribution in [2.45, 2.75) is 31.8 Å². The molecule has 0 unspecified atom stereocenters. The van der Waals surface area contributed by atoms with Gasteiger partial charge in [0.15, 0.2) is 0 Å². The van der Waals surface area contributed by atoms with Gasteiger partial charge in [-0.2, -0.15) is 0 Å². The van der Waals surface area contributed by atoms with E-state index in [1.807, 2.05) is 0 Å². The first-order chi connectivity index (χ1) is 4.86. The van der Waals surface area contributed by atoms with E-state index in [-0.39, 0.29) is 0 Å². The second-order valence-electron chi connectivity index (χ2n) is 3.60. The standard InChI is InChI=1S/C8H16N2/c1-7-6-10-4-2-3-8(10)5-9-7/h7-9H,2-6H2,1H3/t7-,8-/m1/s1. The van der Waals surface area contributed by atoms with Gasteiger partial charge in [-0.15, -0.1) is 0 Å². The Bertz CT molecular complexity index is 124. The number of hydrogen-bond acceptors (Lipinski definition) is 2. The fraction of sp³-hybridized carbons (Fsp3) is 1.00. The van der Waals surface area contributed by atoms with E-state index in [0.29, 0.717) is 6.04 Å². The van der Waals surface area contributed by atoms with Crippen LogP contribution in [0.1, 0.15) is 19.8 Å². The van der Waals surface area contributed by atoms with Gasteiger partial charge in [0.05, 0.1) is 0 Å². The molecule has 0 aromatic carbocycles. The number of fused-ring (bicyclic) bond motifs is 1. The fourth-order valence-electron chi connectivity index (χ4n) is 2.12. The number of nitrogens with zero attached hydrogens (tertiary/aromatic N) is 1. The second-order valence-corrected chi connectivity index (χ2v) is 3.60. The molecule has 2 heterocycles. The Morgan fingerprint density at radius 1 is 1.50 bits per heavy atom. The Hall–Kier alpha value is -0.0800. The molecule has 0 aliphatic carbocycles. The predicted molar refractivity (Wildman–Crippen MR) is 42.1 cm³/mol. The first kappa shape index (κ1) is 6.62. The highest BCUT2D eigenvalue weighted by Crippen LogP contribution is 2.19. The summed E-state index contributed by atoms with van der Waals surface area (Å²) in [5, 5.41) is 3.51. The Balaban J connectivity index is 1.96. The average Bonchev–Trinajstić information content (AvgIpc) is 2.33. The van der Waals surface area contributed by atoms with Crippen molar-refractivity contribution in [2.24, 2.45) is 0 Å². The summed E-state index contributed by atoms with van der Waals surface area (Å²) in [6.07, 6.45) is 2.83. The lowest BCUT2D eigenvalue weighted by atomic mass is 10.1. The quantitative estimate of drug-likeness (QED) is 0.525. The van der Waals surface area contributed by atoms with E-state index >= 15 is 0 Å². The largest absolute Gasteiger partial charge is 0.311 e. The predicted octanol–water partition coefficient (Wildman–Crippen LogP) is 0.442. The van der Waals surface area contributed by atoms with Crippen molar-refractivity contribution in [2.75, 3.05) is 19.6 Å². The summed E-state index contributed by atoms with van der Waals surface area (Å²) in [4.78, 5) is 2.63. The minimum absolute atomic E-state index is 0.717. The van der Waals surface area contributed by atoms with Gasteiger partial charge in [0, 0.05) is 25.2 Å². The van der Waals surface area contributed by atoms with Gasteiger partial charge < -0.3 is 5.32 Å². The van der Waals surface area contributed by atoms with Crippen LogP contribution in [0.5, 0.6) is 0 Å². The van der Waals surface area contributed by atoms with Crippen molar-refractivity contribution in [1.29, 1.82) is 0 Å². The van der Waals surface area contributed by atoms with Gasteiger partial charge in [-0.1, -0.05) is 0 Å². The van der Waals surface area contributed by atoms with E-state index in [1.165, 1.54) is 32.5 Å². The van der Waals surface area contributed by atoms with E-state index < -0.39 is 0 Å². The normalized spacial score (nSPS) is 41.7. The number of rotatable bonds is 0. The van der Waals surface area contributed by atoms with Crippen molar-refractivity contribution in [3.05, 3.63) is 0 Å². The van der Waals surface area contributed by atoms with Crippen LogP contribution >= 0.6 is 0 Å². The SMILES string of the molecule is C[C@@H]1CN2CCC[C@@H]2CN1. The van der Waals surface area contributed by atoms with Gasteiger partial charge in [-0.3, -0.25) is 4.90 Å². The van der Waals surface area contributed by atoms with E-state index in [0.717, 1.165) is 6.04 Å². The van der Waals surface area contributed by atoms with Crippen LogP contribution in [0.25, 0.3) is 0 Å². The first-order valence-electron chi connectivity index (χ1n) is 4.33. The lowest BCUT2D eigenvalue weighted by molar-refractivity contribution is 0.180. The zero-order valence-corrected chi connectivity index (χ0v) is 6.64. The van der Waals surface area contributed by atoms with Gasteiger partial charge >= 0.3 is 0 Å². The maximum Gasteiger partial charge on any atom is 0.0221 e. The van der Waals surface area contributed by atoms with Crippen LogP contribution in [0.15, 0.2) is 0 Å². The molecule has 0 amide bonds. The molecule has 1 N–H and O–H groups in total. The van der Waals surface area contributed by atoms with Crippen molar-refractivity contribution in [3.8, 4) is 0 Å². The Labute approximate surface area is 62.6 Å². The van der Waals surface area contributed by atoms with Crippen LogP contribution in [0.4, 0.5) is 0 Å². The van der Waals surface area contributed by atoms with Crippen LogP contribution < -0.4 is 5.32 Å². The molecule has 58 valence electrons. The van der Waals surface area contributed by atoms with E-state index in [1.54, 1.807) is 0 Å². The molecule has 0 spiro atoms. The topological polar surface area (TPSA) is 15.3 Å². The smallest absolute Gasteiger partial charge is 0.0221 e. The summed E-state index contributed by atoms with van der Waals surface area (Å²) in [5.41, 5.74) is 0. The van der Waals surface area contributed by atoms with Crippen molar-refractivity contribution < 1.29 is 0 Å². The van der Waals surface area contributed by atoms with Crippen LogP contribution in [-0.4, -0.2) is 36.6 Å². The zero-order valence-electron chi connectivity index (χ0n) is 6.64. The molecule has 0 aromatic rings. The molecule has 2 aliphatic rings. The van der Waals surface area contributed by atoms with E-state index in [9.17, 15) is 0 Å². The third-order valence-electron chi connectivity index (χ3n) is 2.71. The molecule has 2 nitrogen and oxygen atoms in total. The number of nitrogens with one attached hydrogen (secondary N) is 1. The highest BCUT2D eigenvalue weighted by atomic mass is 15.2.